The van der Waals surface area contributed by atoms with Crippen LogP contribution in [-0.4, -0.2) is 16.1 Å². The summed E-state index contributed by atoms with van der Waals surface area (Å²) in [4.78, 5) is 0. The molecule has 0 aliphatic rings. The van der Waals surface area contributed by atoms with Crippen molar-refractivity contribution in [3.63, 3.8) is 0 Å². The predicted octanol–water partition coefficient (Wildman–Crippen LogP) is 4.97. The quantitative estimate of drug-likeness (QED) is 0.145. The summed E-state index contributed by atoms with van der Waals surface area (Å²) in [6.07, 6.45) is 2.15. The Morgan fingerprint density at radius 1 is 0.333 bits per heavy atom. The number of benzene rings is 6. The zero-order chi connectivity index (χ0) is 28.5. The maximum atomic E-state index is 3.93. The first kappa shape index (κ1) is 27.2. The molecule has 0 bridgehead atoms. The Labute approximate surface area is 251 Å². The highest BCUT2D eigenvalue weighted by Gasteiger charge is 2.39. The molecule has 0 saturated carbocycles. The maximum Gasteiger partial charge on any atom is 0.230 e. The number of hydrogen-bond acceptors (Lipinski definition) is 0. The summed E-state index contributed by atoms with van der Waals surface area (Å²) in [6, 6.07) is 65.5. The minimum Gasteiger partial charge on any atom is -0.110 e. The molecule has 42 heavy (non-hydrogen) atoms. The van der Waals surface area contributed by atoms with Gasteiger partial charge >= 0.3 is 0 Å². The van der Waals surface area contributed by atoms with E-state index in [2.05, 4.69) is 205 Å². The third-order valence-electron chi connectivity index (χ3n) is 7.98. The zero-order valence-corrected chi connectivity index (χ0v) is 25.5. The van der Waals surface area contributed by atoms with Crippen LogP contribution in [0.1, 0.15) is 0 Å². The summed E-state index contributed by atoms with van der Waals surface area (Å²) in [7, 11) is -5.18. The molecule has 0 saturated heterocycles. The fourth-order valence-corrected chi connectivity index (χ4v) is 13.9. The van der Waals surface area contributed by atoms with E-state index in [4.69, 9.17) is 0 Å². The fourth-order valence-electron chi connectivity index (χ4n) is 5.99. The van der Waals surface area contributed by atoms with Gasteiger partial charge in [0.15, 0.2) is 8.07 Å². The second-order valence-corrected chi connectivity index (χ2v) is 17.5. The lowest BCUT2D eigenvalue weighted by Gasteiger charge is -2.30. The van der Waals surface area contributed by atoms with Gasteiger partial charge in [0, 0.05) is 0 Å². The van der Waals surface area contributed by atoms with Gasteiger partial charge in [0.2, 0.25) is 8.07 Å². The smallest absolute Gasteiger partial charge is 0.110 e. The topological polar surface area (TPSA) is 0 Å². The van der Waals surface area contributed by atoms with Gasteiger partial charge in [0.25, 0.3) is 0 Å². The molecule has 0 aliphatic heterocycles. The predicted molar refractivity (Wildman–Crippen MR) is 185 cm³/mol. The molecular formula is C40H32Si2. The van der Waals surface area contributed by atoms with E-state index >= 15 is 0 Å². The molecule has 0 aromatic heterocycles. The van der Waals surface area contributed by atoms with E-state index in [1.54, 1.807) is 0 Å². The highest BCUT2D eigenvalue weighted by Crippen LogP contribution is 2.11. The molecule has 200 valence electrons. The molecule has 0 spiro atoms. The molecule has 0 nitrogen and oxygen atoms in total. The Morgan fingerprint density at radius 2 is 0.595 bits per heavy atom. The van der Waals surface area contributed by atoms with E-state index in [9.17, 15) is 0 Å². The van der Waals surface area contributed by atoms with Crippen molar-refractivity contribution in [1.29, 1.82) is 0 Å². The maximum absolute atomic E-state index is 3.93. The molecule has 0 atom stereocenters. The molecule has 6 aromatic rings. The van der Waals surface area contributed by atoms with Crippen LogP contribution in [0, 0.1) is 11.5 Å². The van der Waals surface area contributed by atoms with Crippen LogP contribution in [0.15, 0.2) is 194 Å². The number of hydrogen-bond donors (Lipinski definition) is 0. The van der Waals surface area contributed by atoms with Gasteiger partial charge in [-0.1, -0.05) is 194 Å². The first-order chi connectivity index (χ1) is 20.8. The summed E-state index contributed by atoms with van der Waals surface area (Å²) in [5.41, 5.74) is 6.36. The molecular weight excluding hydrogens is 537 g/mol. The zero-order valence-electron chi connectivity index (χ0n) is 23.5. The third kappa shape index (κ3) is 5.24. The van der Waals surface area contributed by atoms with E-state index in [-0.39, 0.29) is 0 Å². The van der Waals surface area contributed by atoms with Crippen LogP contribution in [0.3, 0.4) is 0 Å². The fraction of sp³-hybridized carbons (Fsp3) is 0. The van der Waals surface area contributed by atoms with Crippen molar-refractivity contribution in [2.45, 2.75) is 0 Å². The Bertz CT molecular complexity index is 1590. The normalized spacial score (nSPS) is 11.5. The van der Waals surface area contributed by atoms with Gasteiger partial charge in [0.1, 0.15) is 0 Å². The van der Waals surface area contributed by atoms with Crippen LogP contribution >= 0.6 is 0 Å². The van der Waals surface area contributed by atoms with Crippen LogP contribution in [0.4, 0.5) is 0 Å². The Balaban J connectivity index is 1.58. The van der Waals surface area contributed by atoms with Gasteiger partial charge < -0.3 is 0 Å². The molecule has 0 fully saturated rings. The first-order valence-electron chi connectivity index (χ1n) is 14.4. The summed E-state index contributed by atoms with van der Waals surface area (Å²) in [5, 5.41) is 7.91. The van der Waals surface area contributed by atoms with Crippen molar-refractivity contribution < 1.29 is 0 Å². The van der Waals surface area contributed by atoms with Gasteiger partial charge in [0.05, 0.1) is 0 Å². The molecule has 0 radical (unpaired) electrons. The molecule has 0 heterocycles. The third-order valence-corrected chi connectivity index (χ3v) is 16.5. The molecule has 2 heteroatoms. The molecule has 6 aromatic carbocycles. The van der Waals surface area contributed by atoms with Gasteiger partial charge in [-0.05, 0) is 37.2 Å². The van der Waals surface area contributed by atoms with Gasteiger partial charge in [-0.15, -0.1) is 5.54 Å². The van der Waals surface area contributed by atoms with E-state index in [0.717, 1.165) is 0 Å². The largest absolute Gasteiger partial charge is 0.230 e. The van der Waals surface area contributed by atoms with Crippen LogP contribution in [0.25, 0.3) is 0 Å². The lowest BCUT2D eigenvalue weighted by molar-refractivity contribution is 1.68. The Morgan fingerprint density at radius 3 is 0.881 bits per heavy atom. The molecule has 6 rings (SSSR count). The Kier molecular flexibility index (Phi) is 8.24. The standard InChI is InChI=1S/C40H32Si2/c1-7-21-35(22-8-1)41(36-23-9-2-10-24-36,37-25-11-3-12-26-37)33-19-20-34-42(38-27-13-4-14-28-38,39-29-15-5-16-30-39)40-31-17-6-18-32-40/h1-19,21-33H/b33-19+. The van der Waals surface area contributed by atoms with Crippen molar-refractivity contribution in [1.82, 2.24) is 0 Å². The van der Waals surface area contributed by atoms with Crippen molar-refractivity contribution in [3.8, 4) is 11.5 Å². The van der Waals surface area contributed by atoms with Crippen LogP contribution in [0.2, 0.25) is 0 Å². The molecule has 0 N–H and O–H groups in total. The first-order valence-corrected chi connectivity index (χ1v) is 18.5. The lowest BCUT2D eigenvalue weighted by atomic mass is 10.3. The van der Waals surface area contributed by atoms with E-state index in [1.165, 1.54) is 31.1 Å². The highest BCUT2D eigenvalue weighted by atomic mass is 28.3. The molecule has 0 aliphatic carbocycles. The van der Waals surface area contributed by atoms with E-state index in [1.807, 2.05) is 0 Å². The van der Waals surface area contributed by atoms with E-state index < -0.39 is 16.1 Å². The molecule has 0 unspecified atom stereocenters. The summed E-state index contributed by atoms with van der Waals surface area (Å²) >= 11 is 0. The SMILES string of the molecule is C(#C[Si](c1ccccc1)(c1ccccc1)c1ccccc1)/C=C/[Si](c1ccccc1)(c1ccccc1)c1ccccc1. The van der Waals surface area contributed by atoms with Crippen molar-refractivity contribution in [2.75, 3.05) is 0 Å². The van der Waals surface area contributed by atoms with Crippen LogP contribution in [-0.2, 0) is 0 Å². The monoisotopic (exact) mass is 568 g/mol. The van der Waals surface area contributed by atoms with Gasteiger partial charge in [-0.25, -0.2) is 0 Å². The lowest BCUT2D eigenvalue weighted by Crippen LogP contribution is -2.66. The average Bonchev–Trinajstić information content (AvgIpc) is 3.09. The van der Waals surface area contributed by atoms with E-state index in [0.29, 0.717) is 0 Å². The van der Waals surface area contributed by atoms with Crippen molar-refractivity contribution in [3.05, 3.63) is 194 Å². The van der Waals surface area contributed by atoms with Crippen LogP contribution in [0.5, 0.6) is 0 Å². The van der Waals surface area contributed by atoms with Crippen molar-refractivity contribution >= 4 is 47.3 Å². The Hall–Kier alpha value is -4.95. The summed E-state index contributed by atoms with van der Waals surface area (Å²) < 4.78 is 0. The second-order valence-electron chi connectivity index (χ2n) is 10.4. The van der Waals surface area contributed by atoms with Crippen molar-refractivity contribution in [2.24, 2.45) is 0 Å². The molecule has 0 amide bonds. The highest BCUT2D eigenvalue weighted by molar-refractivity contribution is 7.17. The minimum atomic E-state index is -2.65. The summed E-state index contributed by atoms with van der Waals surface area (Å²) in [5.74, 6) is 3.65. The minimum absolute atomic E-state index is 1.29. The summed E-state index contributed by atoms with van der Waals surface area (Å²) in [6.45, 7) is 0. The number of allylic oxidation sites excluding steroid dienone is 1. The average molecular weight is 569 g/mol. The van der Waals surface area contributed by atoms with Crippen LogP contribution < -0.4 is 31.1 Å². The second kappa shape index (κ2) is 12.7. The number of rotatable bonds is 7. The van der Waals surface area contributed by atoms with Gasteiger partial charge in [-0.3, -0.25) is 0 Å². The van der Waals surface area contributed by atoms with Gasteiger partial charge in [-0.2, -0.15) is 0 Å².